The van der Waals surface area contributed by atoms with Crippen LogP contribution in [0.15, 0.2) is 60.9 Å². The molecule has 3 aromatic rings. The Balaban J connectivity index is 1.57. The quantitative estimate of drug-likeness (QED) is 0.558. The van der Waals surface area contributed by atoms with Gasteiger partial charge in [-0.1, -0.05) is 17.7 Å². The van der Waals surface area contributed by atoms with Crippen molar-refractivity contribution in [1.82, 2.24) is 19.8 Å². The van der Waals surface area contributed by atoms with E-state index in [1.807, 2.05) is 35.0 Å². The van der Waals surface area contributed by atoms with Crippen LogP contribution in [0.5, 0.6) is 0 Å². The lowest BCUT2D eigenvalue weighted by molar-refractivity contribution is 0.0836. The van der Waals surface area contributed by atoms with Crippen LogP contribution in [0.25, 0.3) is 5.69 Å². The molecule has 2 saturated heterocycles. The first kappa shape index (κ1) is 20.4. The monoisotopic (exact) mass is 456 g/mol. The van der Waals surface area contributed by atoms with Gasteiger partial charge in [-0.2, -0.15) is 0 Å². The average Bonchev–Trinajstić information content (AvgIpc) is 3.52. The summed E-state index contributed by atoms with van der Waals surface area (Å²) in [5.74, 6) is -0.436. The van der Waals surface area contributed by atoms with Gasteiger partial charge in [0.05, 0.1) is 28.9 Å². The highest BCUT2D eigenvalue weighted by molar-refractivity contribution is 7.80. The van der Waals surface area contributed by atoms with Gasteiger partial charge in [0, 0.05) is 36.9 Å². The molecule has 1 N–H and O–H groups in total. The van der Waals surface area contributed by atoms with Crippen LogP contribution in [0.4, 0.5) is 4.39 Å². The Morgan fingerprint density at radius 1 is 1.23 bits per heavy atom. The Morgan fingerprint density at radius 3 is 2.87 bits per heavy atom. The van der Waals surface area contributed by atoms with Crippen molar-refractivity contribution in [2.45, 2.75) is 31.0 Å². The van der Waals surface area contributed by atoms with Crippen molar-refractivity contribution in [3.05, 3.63) is 83.2 Å². The smallest absolute Gasteiger partial charge is 0.170 e. The minimum Gasteiger partial charge on any atom is -0.376 e. The number of pyridine rings is 1. The summed E-state index contributed by atoms with van der Waals surface area (Å²) < 4.78 is 21.7. The number of rotatable bonds is 5. The topological polar surface area (TPSA) is 42.3 Å². The first-order chi connectivity index (χ1) is 15.1. The van der Waals surface area contributed by atoms with Gasteiger partial charge in [0.2, 0.25) is 0 Å². The van der Waals surface area contributed by atoms with E-state index in [4.69, 9.17) is 28.6 Å². The summed E-state index contributed by atoms with van der Waals surface area (Å²) in [6.45, 7) is 1.49. The van der Waals surface area contributed by atoms with E-state index >= 15 is 0 Å². The molecule has 5 rings (SSSR count). The number of hydrogen-bond donors (Lipinski definition) is 1. The maximum atomic E-state index is 13.8. The van der Waals surface area contributed by atoms with Crippen molar-refractivity contribution in [3.63, 3.8) is 0 Å². The molecule has 8 heteroatoms. The van der Waals surface area contributed by atoms with E-state index in [-0.39, 0.29) is 23.2 Å². The molecule has 0 saturated carbocycles. The molecule has 2 fully saturated rings. The van der Waals surface area contributed by atoms with Gasteiger partial charge in [-0.3, -0.25) is 4.98 Å². The van der Waals surface area contributed by atoms with Gasteiger partial charge in [-0.05, 0) is 67.5 Å². The predicted molar refractivity (Wildman–Crippen MR) is 122 cm³/mol. The van der Waals surface area contributed by atoms with E-state index in [2.05, 4.69) is 21.3 Å². The lowest BCUT2D eigenvalue weighted by atomic mass is 10.0. The first-order valence-corrected chi connectivity index (χ1v) is 11.1. The van der Waals surface area contributed by atoms with E-state index in [9.17, 15) is 4.39 Å². The minimum atomic E-state index is -0.436. The molecule has 0 spiro atoms. The van der Waals surface area contributed by atoms with E-state index in [0.29, 0.717) is 11.7 Å². The Kier molecular flexibility index (Phi) is 5.65. The van der Waals surface area contributed by atoms with Crippen LogP contribution >= 0.6 is 23.8 Å². The number of aromatic nitrogens is 2. The van der Waals surface area contributed by atoms with E-state index in [1.54, 1.807) is 18.3 Å². The summed E-state index contributed by atoms with van der Waals surface area (Å²) in [7, 11) is 0. The summed E-state index contributed by atoms with van der Waals surface area (Å²) in [6.07, 6.45) is 5.98. The van der Waals surface area contributed by atoms with Gasteiger partial charge in [0.15, 0.2) is 5.11 Å². The summed E-state index contributed by atoms with van der Waals surface area (Å²) >= 11 is 11.8. The SMILES string of the molecule is Fc1ccc(-n2cccc2[C@H]2[C@H](c3ccccn3)NC(=S)N2C[C@@H]2CCCO2)cc1Cl. The molecule has 0 aliphatic carbocycles. The van der Waals surface area contributed by atoms with Gasteiger partial charge in [-0.15, -0.1) is 0 Å². The Labute approximate surface area is 190 Å². The van der Waals surface area contributed by atoms with Crippen molar-refractivity contribution < 1.29 is 9.13 Å². The Bertz CT molecular complexity index is 1090. The molecule has 0 unspecified atom stereocenters. The van der Waals surface area contributed by atoms with E-state index in [1.165, 1.54) is 6.07 Å². The maximum absolute atomic E-state index is 13.8. The van der Waals surface area contributed by atoms with Crippen molar-refractivity contribution in [2.75, 3.05) is 13.2 Å². The van der Waals surface area contributed by atoms with Crippen LogP contribution in [0, 0.1) is 5.82 Å². The number of thiocarbonyl (C=S) groups is 1. The fourth-order valence-corrected chi connectivity index (χ4v) is 4.93. The molecule has 5 nitrogen and oxygen atoms in total. The molecule has 0 bridgehead atoms. The Morgan fingerprint density at radius 2 is 2.13 bits per heavy atom. The number of benzene rings is 1. The fourth-order valence-electron chi connectivity index (χ4n) is 4.44. The van der Waals surface area contributed by atoms with Crippen molar-refractivity contribution in [3.8, 4) is 5.69 Å². The molecule has 160 valence electrons. The molecule has 1 aromatic carbocycles. The summed E-state index contributed by atoms with van der Waals surface area (Å²) in [6, 6.07) is 14.5. The van der Waals surface area contributed by atoms with Gasteiger partial charge in [0.25, 0.3) is 0 Å². The van der Waals surface area contributed by atoms with E-state index < -0.39 is 5.82 Å². The predicted octanol–water partition coefficient (Wildman–Crippen LogP) is 4.82. The van der Waals surface area contributed by atoms with E-state index in [0.717, 1.165) is 36.5 Å². The van der Waals surface area contributed by atoms with Crippen LogP contribution in [-0.4, -0.2) is 38.8 Å². The largest absolute Gasteiger partial charge is 0.376 e. The van der Waals surface area contributed by atoms with Gasteiger partial charge >= 0.3 is 0 Å². The summed E-state index contributed by atoms with van der Waals surface area (Å²) in [5.41, 5.74) is 2.72. The van der Waals surface area contributed by atoms with Crippen molar-refractivity contribution >= 4 is 28.9 Å². The van der Waals surface area contributed by atoms with Crippen molar-refractivity contribution in [1.29, 1.82) is 0 Å². The second-order valence-corrected chi connectivity index (χ2v) is 8.61. The zero-order chi connectivity index (χ0) is 21.4. The third-order valence-corrected chi connectivity index (χ3v) is 6.53. The van der Waals surface area contributed by atoms with Gasteiger partial charge < -0.3 is 19.5 Å². The minimum absolute atomic E-state index is 0.0923. The molecule has 0 amide bonds. The van der Waals surface area contributed by atoms with Crippen molar-refractivity contribution in [2.24, 2.45) is 0 Å². The van der Waals surface area contributed by atoms with Crippen LogP contribution in [0.2, 0.25) is 5.02 Å². The lowest BCUT2D eigenvalue weighted by Crippen LogP contribution is -2.36. The zero-order valence-corrected chi connectivity index (χ0v) is 18.3. The maximum Gasteiger partial charge on any atom is 0.170 e. The lowest BCUT2D eigenvalue weighted by Gasteiger charge is -2.30. The fraction of sp³-hybridized carbons (Fsp3) is 0.304. The molecule has 4 heterocycles. The summed E-state index contributed by atoms with van der Waals surface area (Å²) in [4.78, 5) is 6.79. The Hall–Kier alpha value is -2.48. The second-order valence-electron chi connectivity index (χ2n) is 7.82. The van der Waals surface area contributed by atoms with Gasteiger partial charge in [0.1, 0.15) is 5.82 Å². The van der Waals surface area contributed by atoms with Gasteiger partial charge in [-0.25, -0.2) is 4.39 Å². The number of nitrogens with one attached hydrogen (secondary N) is 1. The molecular weight excluding hydrogens is 435 g/mol. The van der Waals surface area contributed by atoms with Crippen LogP contribution < -0.4 is 5.32 Å². The number of nitrogens with zero attached hydrogens (tertiary/aromatic N) is 3. The van der Waals surface area contributed by atoms with Crippen LogP contribution in [0.3, 0.4) is 0 Å². The number of hydrogen-bond acceptors (Lipinski definition) is 3. The molecule has 3 atom stereocenters. The standard InChI is InChI=1S/C23H22ClFN4OS/c24-17-13-15(8-9-18(17)25)28-11-3-7-20(28)22-21(19-6-1-2-10-26-19)27-23(31)29(22)14-16-5-4-12-30-16/h1-3,6-11,13,16,21-22H,4-5,12,14H2,(H,27,31)/t16-,21-,22-/m0/s1. The normalized spacial score (nSPS) is 23.4. The highest BCUT2D eigenvalue weighted by Gasteiger charge is 2.42. The highest BCUT2D eigenvalue weighted by Crippen LogP contribution is 2.40. The third kappa shape index (κ3) is 3.93. The van der Waals surface area contributed by atoms with Crippen LogP contribution in [-0.2, 0) is 4.74 Å². The number of ether oxygens (including phenoxy) is 1. The summed E-state index contributed by atoms with van der Waals surface area (Å²) in [5, 5.41) is 4.25. The molecule has 2 aliphatic heterocycles. The number of halogens is 2. The molecule has 2 aromatic heterocycles. The third-order valence-electron chi connectivity index (χ3n) is 5.89. The van der Waals surface area contributed by atoms with Crippen LogP contribution in [0.1, 0.15) is 36.3 Å². The average molecular weight is 457 g/mol. The molecular formula is C23H22ClFN4OS. The highest BCUT2D eigenvalue weighted by atomic mass is 35.5. The second kappa shape index (κ2) is 8.57. The zero-order valence-electron chi connectivity index (χ0n) is 16.7. The molecule has 31 heavy (non-hydrogen) atoms. The molecule has 0 radical (unpaired) electrons. The molecule has 2 aliphatic rings. The first-order valence-electron chi connectivity index (χ1n) is 10.3.